The van der Waals surface area contributed by atoms with E-state index in [9.17, 15) is 15.0 Å². The summed E-state index contributed by atoms with van der Waals surface area (Å²) in [7, 11) is 3.02. The highest BCUT2D eigenvalue weighted by molar-refractivity contribution is 5.97. The van der Waals surface area contributed by atoms with Crippen LogP contribution in [0.3, 0.4) is 0 Å². The van der Waals surface area contributed by atoms with E-state index in [0.29, 0.717) is 29.2 Å². The molecule has 0 unspecified atom stereocenters. The molecule has 0 spiro atoms. The lowest BCUT2D eigenvalue weighted by atomic mass is 9.97. The monoisotopic (exact) mass is 369 g/mol. The fraction of sp³-hybridized carbons (Fsp3) is 0.238. The number of benzene rings is 1. The molecular weight excluding hydrogens is 346 g/mol. The van der Waals surface area contributed by atoms with Gasteiger partial charge in [-0.2, -0.15) is 0 Å². The number of aromatic nitrogens is 1. The van der Waals surface area contributed by atoms with Crippen LogP contribution in [0, 0.1) is 0 Å². The Kier molecular flexibility index (Phi) is 6.60. The first-order valence-corrected chi connectivity index (χ1v) is 8.35. The van der Waals surface area contributed by atoms with Crippen molar-refractivity contribution >= 4 is 18.1 Å². The molecule has 1 aromatic heterocycles. The first kappa shape index (κ1) is 20.0. The predicted molar refractivity (Wildman–Crippen MR) is 104 cm³/mol. The first-order chi connectivity index (χ1) is 12.9. The van der Waals surface area contributed by atoms with Crippen LogP contribution >= 0.6 is 0 Å². The van der Waals surface area contributed by atoms with Gasteiger partial charge in [0.2, 0.25) is 5.88 Å². The highest BCUT2D eigenvalue weighted by atomic mass is 16.5. The summed E-state index contributed by atoms with van der Waals surface area (Å²) >= 11 is 0. The smallest absolute Gasteiger partial charge is 0.340 e. The molecule has 0 aliphatic carbocycles. The molecule has 6 nitrogen and oxygen atoms in total. The molecular formula is C21H23NO5. The highest BCUT2D eigenvalue weighted by Gasteiger charge is 2.21. The number of phenols is 1. The van der Waals surface area contributed by atoms with Crippen LogP contribution in [0.4, 0.5) is 0 Å². The van der Waals surface area contributed by atoms with Crippen LogP contribution in [-0.4, -0.2) is 35.4 Å². The molecule has 0 radical (unpaired) electrons. The van der Waals surface area contributed by atoms with Gasteiger partial charge in [-0.15, -0.1) is 0 Å². The average Bonchev–Trinajstić information content (AvgIpc) is 2.64. The van der Waals surface area contributed by atoms with E-state index in [1.807, 2.05) is 19.9 Å². The average molecular weight is 369 g/mol. The number of carboxylic acid groups (broad SMARTS) is 1. The molecule has 1 aromatic carbocycles. The van der Waals surface area contributed by atoms with Crippen molar-refractivity contribution in [3.05, 3.63) is 58.3 Å². The number of pyridine rings is 1. The van der Waals surface area contributed by atoms with Gasteiger partial charge in [-0.05, 0) is 43.5 Å². The molecule has 0 saturated carbocycles. The summed E-state index contributed by atoms with van der Waals surface area (Å²) < 4.78 is 10.4. The summed E-state index contributed by atoms with van der Waals surface area (Å²) in [6.07, 6.45) is 7.21. The molecule has 0 atom stereocenters. The van der Waals surface area contributed by atoms with Gasteiger partial charge in [0.25, 0.3) is 0 Å². The lowest BCUT2D eigenvalue weighted by molar-refractivity contribution is 0.0693. The van der Waals surface area contributed by atoms with Crippen molar-refractivity contribution in [3.63, 3.8) is 0 Å². The summed E-state index contributed by atoms with van der Waals surface area (Å²) in [6.45, 7) is 3.86. The Balaban J connectivity index is 2.51. The third kappa shape index (κ3) is 4.88. The van der Waals surface area contributed by atoms with Crippen molar-refractivity contribution in [1.29, 1.82) is 0 Å². The summed E-state index contributed by atoms with van der Waals surface area (Å²) in [4.78, 5) is 15.9. The van der Waals surface area contributed by atoms with E-state index in [2.05, 4.69) is 4.98 Å². The molecule has 2 rings (SSSR count). The fourth-order valence-electron chi connectivity index (χ4n) is 2.54. The Hall–Kier alpha value is -3.28. The molecule has 0 amide bonds. The molecule has 0 saturated heterocycles. The maximum atomic E-state index is 11.7. The number of aromatic hydroxyl groups is 1. The molecule has 1 heterocycles. The molecule has 142 valence electrons. The molecule has 2 N–H and O–H groups in total. The van der Waals surface area contributed by atoms with E-state index >= 15 is 0 Å². The maximum absolute atomic E-state index is 11.7. The minimum atomic E-state index is -1.21. The van der Waals surface area contributed by atoms with Gasteiger partial charge in [0.15, 0.2) is 0 Å². The molecule has 6 heteroatoms. The maximum Gasteiger partial charge on any atom is 0.340 e. The summed E-state index contributed by atoms with van der Waals surface area (Å²) in [5.74, 6) is -0.572. The number of ether oxygens (including phenoxy) is 2. The van der Waals surface area contributed by atoms with Crippen molar-refractivity contribution < 1.29 is 24.5 Å². The lowest BCUT2D eigenvalue weighted by Crippen LogP contribution is -2.04. The zero-order valence-electron chi connectivity index (χ0n) is 15.8. The number of methoxy groups -OCH3 is 2. The van der Waals surface area contributed by atoms with E-state index in [4.69, 9.17) is 9.47 Å². The van der Waals surface area contributed by atoms with Crippen LogP contribution in [0.1, 0.15) is 40.9 Å². The second-order valence-corrected chi connectivity index (χ2v) is 6.13. The zero-order valence-corrected chi connectivity index (χ0v) is 15.8. The van der Waals surface area contributed by atoms with Crippen LogP contribution in [-0.2, 0) is 6.42 Å². The topological polar surface area (TPSA) is 88.9 Å². The van der Waals surface area contributed by atoms with Gasteiger partial charge < -0.3 is 19.7 Å². The van der Waals surface area contributed by atoms with Crippen LogP contribution < -0.4 is 9.47 Å². The van der Waals surface area contributed by atoms with Crippen molar-refractivity contribution in [1.82, 2.24) is 4.98 Å². The number of hydrogen-bond donors (Lipinski definition) is 2. The third-order valence-corrected chi connectivity index (χ3v) is 3.97. The van der Waals surface area contributed by atoms with Gasteiger partial charge in [0.05, 0.1) is 14.2 Å². The van der Waals surface area contributed by atoms with Gasteiger partial charge in [0, 0.05) is 17.8 Å². The summed E-state index contributed by atoms with van der Waals surface area (Å²) in [5.41, 5.74) is 2.45. The van der Waals surface area contributed by atoms with Crippen LogP contribution in [0.5, 0.6) is 17.4 Å². The Morgan fingerprint density at radius 2 is 1.93 bits per heavy atom. The largest absolute Gasteiger partial charge is 0.507 e. The third-order valence-electron chi connectivity index (χ3n) is 3.97. The Morgan fingerprint density at radius 3 is 2.44 bits per heavy atom. The minimum absolute atomic E-state index is 0.161. The number of hydrogen-bond acceptors (Lipinski definition) is 5. The predicted octanol–water partition coefficient (Wildman–Crippen LogP) is 4.18. The Bertz CT molecular complexity index is 878. The Labute approximate surface area is 158 Å². The van der Waals surface area contributed by atoms with E-state index in [1.165, 1.54) is 14.2 Å². The van der Waals surface area contributed by atoms with Crippen molar-refractivity contribution in [2.24, 2.45) is 0 Å². The van der Waals surface area contributed by atoms with Gasteiger partial charge in [0.1, 0.15) is 17.1 Å². The molecule has 0 bridgehead atoms. The van der Waals surface area contributed by atoms with Crippen molar-refractivity contribution in [2.45, 2.75) is 20.3 Å². The number of carboxylic acids is 1. The molecule has 0 aliphatic heterocycles. The van der Waals surface area contributed by atoms with Gasteiger partial charge >= 0.3 is 5.97 Å². The lowest BCUT2D eigenvalue weighted by Gasteiger charge is -2.14. The van der Waals surface area contributed by atoms with Gasteiger partial charge in [-0.1, -0.05) is 23.8 Å². The molecule has 27 heavy (non-hydrogen) atoms. The zero-order chi connectivity index (χ0) is 20.0. The van der Waals surface area contributed by atoms with Crippen LogP contribution in [0.25, 0.3) is 12.2 Å². The van der Waals surface area contributed by atoms with Crippen LogP contribution in [0.2, 0.25) is 0 Å². The van der Waals surface area contributed by atoms with E-state index in [-0.39, 0.29) is 11.3 Å². The highest BCUT2D eigenvalue weighted by Crippen LogP contribution is 2.36. The van der Waals surface area contributed by atoms with E-state index < -0.39 is 5.97 Å². The normalized spacial score (nSPS) is 10.7. The van der Waals surface area contributed by atoms with Gasteiger partial charge in [-0.25, -0.2) is 9.78 Å². The van der Waals surface area contributed by atoms with E-state index in [1.54, 1.807) is 36.5 Å². The Morgan fingerprint density at radius 1 is 1.19 bits per heavy atom. The summed E-state index contributed by atoms with van der Waals surface area (Å²) in [6, 6.07) is 5.12. The number of rotatable bonds is 7. The minimum Gasteiger partial charge on any atom is -0.507 e. The quantitative estimate of drug-likeness (QED) is 0.712. The second-order valence-electron chi connectivity index (χ2n) is 6.13. The SMILES string of the molecule is COc1ccc(/C=C/c2cc(OC)c(CC=C(C)C)c(O)c2C(=O)O)cn1. The van der Waals surface area contributed by atoms with Crippen molar-refractivity contribution in [3.8, 4) is 17.4 Å². The van der Waals surface area contributed by atoms with Gasteiger partial charge in [-0.3, -0.25) is 0 Å². The second kappa shape index (κ2) is 8.89. The molecule has 2 aromatic rings. The number of carbonyl (C=O) groups is 1. The van der Waals surface area contributed by atoms with E-state index in [0.717, 1.165) is 11.1 Å². The molecule has 0 fully saturated rings. The number of allylic oxidation sites excluding steroid dienone is 2. The fourth-order valence-corrected chi connectivity index (χ4v) is 2.54. The summed E-state index contributed by atoms with van der Waals surface area (Å²) in [5, 5.41) is 20.2. The first-order valence-electron chi connectivity index (χ1n) is 8.35. The molecule has 0 aliphatic rings. The van der Waals surface area contributed by atoms with Crippen molar-refractivity contribution in [2.75, 3.05) is 14.2 Å². The number of nitrogens with zero attached hydrogens (tertiary/aromatic N) is 1. The standard InChI is InChI=1S/C21H23NO5/c1-13(2)5-9-16-17(26-3)11-15(19(20(16)23)21(24)25)8-6-14-7-10-18(27-4)22-12-14/h5-8,10-12,23H,9H2,1-4H3,(H,24,25)/b8-6+. The van der Waals surface area contributed by atoms with Crippen LogP contribution in [0.15, 0.2) is 36.0 Å². The number of aromatic carboxylic acids is 1.